The molecule has 0 bridgehead atoms. The van der Waals surface area contributed by atoms with Crippen LogP contribution in [0.4, 0.5) is 0 Å². The Hall–Kier alpha value is -3.79. The lowest BCUT2D eigenvalue weighted by Gasteiger charge is -2.04. The maximum atomic E-state index is 11.6. The van der Waals surface area contributed by atoms with Crippen LogP contribution < -0.4 is 4.73 Å². The van der Waals surface area contributed by atoms with Gasteiger partial charge >= 0.3 is 5.97 Å². The third-order valence-electron chi connectivity index (χ3n) is 5.49. The van der Waals surface area contributed by atoms with Crippen LogP contribution >= 0.6 is 46.4 Å². The number of nitrogens with zero attached hydrogens (tertiary/aromatic N) is 4. The fourth-order valence-corrected chi connectivity index (χ4v) is 3.67. The Morgan fingerprint density at radius 3 is 1.66 bits per heavy atom. The molecule has 1 N–H and O–H groups in total. The number of benzene rings is 1. The lowest BCUT2D eigenvalue weighted by molar-refractivity contribution is -0.593. The number of aromatic nitrogens is 4. The minimum atomic E-state index is -0.813. The van der Waals surface area contributed by atoms with Gasteiger partial charge in [-0.1, -0.05) is 52.5 Å². The van der Waals surface area contributed by atoms with Crippen molar-refractivity contribution < 1.29 is 19.7 Å². The molecule has 0 fully saturated rings. The van der Waals surface area contributed by atoms with Crippen molar-refractivity contribution in [2.75, 3.05) is 0 Å². The second-order valence-corrected chi connectivity index (χ2v) is 11.6. The fourth-order valence-electron chi connectivity index (χ4n) is 3.48. The van der Waals surface area contributed by atoms with E-state index in [4.69, 9.17) is 51.7 Å². The van der Waals surface area contributed by atoms with E-state index in [0.717, 1.165) is 27.2 Å². The van der Waals surface area contributed by atoms with E-state index in [1.54, 1.807) is 24.4 Å². The molecule has 1 aromatic carbocycles. The summed E-state index contributed by atoms with van der Waals surface area (Å²) in [7, 11) is 0. The number of hydrogen-bond acceptors (Lipinski definition) is 7. The third-order valence-corrected chi connectivity index (χ3v) is 5.72. The first kappa shape index (κ1) is 36.4. The number of halogens is 4. The molecule has 8 nitrogen and oxygen atoms in total. The van der Waals surface area contributed by atoms with E-state index in [-0.39, 0.29) is 5.56 Å². The molecular weight excluding hydrogens is 646 g/mol. The Labute approximate surface area is 276 Å². The summed E-state index contributed by atoms with van der Waals surface area (Å²) in [6, 6.07) is 21.6. The van der Waals surface area contributed by atoms with Crippen molar-refractivity contribution in [3.63, 3.8) is 0 Å². The lowest BCUT2D eigenvalue weighted by Crippen LogP contribution is -2.28. The molecule has 0 aliphatic rings. The van der Waals surface area contributed by atoms with Crippen molar-refractivity contribution in [1.29, 1.82) is 0 Å². The van der Waals surface area contributed by atoms with Gasteiger partial charge in [0.15, 0.2) is 10.5 Å². The van der Waals surface area contributed by atoms with E-state index >= 15 is 0 Å². The van der Waals surface area contributed by atoms with E-state index in [0.29, 0.717) is 16.4 Å². The first-order chi connectivity index (χ1) is 20.9. The first-order valence-corrected chi connectivity index (χ1v) is 14.6. The minimum Gasteiger partial charge on any atom is -0.618 e. The van der Waals surface area contributed by atoms with E-state index in [9.17, 15) is 10.0 Å². The average Bonchev–Trinajstić information content (AvgIpc) is 2.98. The number of aryl methyl sites for hydroxylation is 4. The number of carbonyl (C=O) groups is 1. The largest absolute Gasteiger partial charge is 0.618 e. The molecule has 4 aromatic heterocycles. The molecule has 0 aliphatic heterocycles. The third kappa shape index (κ3) is 13.2. The summed E-state index contributed by atoms with van der Waals surface area (Å²) < 4.78 is 0.0920. The Balaban J connectivity index is 0.000000219. The van der Waals surface area contributed by atoms with Crippen molar-refractivity contribution in [2.45, 2.75) is 32.0 Å². The Kier molecular flexibility index (Phi) is 15.5. The molecule has 0 spiro atoms. The van der Waals surface area contributed by atoms with Crippen molar-refractivity contribution in [3.05, 3.63) is 136 Å². The highest BCUT2D eigenvalue weighted by atomic mass is 35.6. The van der Waals surface area contributed by atoms with Gasteiger partial charge in [-0.25, -0.2) is 9.78 Å². The van der Waals surface area contributed by atoms with Gasteiger partial charge in [0.1, 0.15) is 5.69 Å². The number of pyridine rings is 4. The van der Waals surface area contributed by atoms with Crippen LogP contribution in [0.15, 0.2) is 97.6 Å². The summed E-state index contributed by atoms with van der Waals surface area (Å²) in [5.41, 5.74) is 7.98. The molecule has 230 valence electrons. The summed E-state index contributed by atoms with van der Waals surface area (Å²) in [6.45, 7) is 8.05. The van der Waals surface area contributed by atoms with E-state index in [1.165, 1.54) is 29.5 Å². The van der Waals surface area contributed by atoms with Gasteiger partial charge in [0.05, 0.1) is 17.0 Å². The second-order valence-electron chi connectivity index (χ2n) is 9.21. The van der Waals surface area contributed by atoms with Gasteiger partial charge in [0, 0.05) is 35.7 Å². The van der Waals surface area contributed by atoms with Crippen LogP contribution in [-0.4, -0.2) is 30.5 Å². The van der Waals surface area contributed by atoms with Crippen LogP contribution in [0.3, 0.4) is 0 Å². The van der Waals surface area contributed by atoms with Gasteiger partial charge in [-0.3, -0.25) is 14.9 Å². The zero-order valence-corrected chi connectivity index (χ0v) is 27.3. The van der Waals surface area contributed by atoms with E-state index < -0.39 is 10.3 Å². The highest BCUT2D eigenvalue weighted by Crippen LogP contribution is 2.16. The normalized spacial score (nSPS) is 9.86. The predicted molar refractivity (Wildman–Crippen MR) is 176 cm³/mol. The zero-order valence-electron chi connectivity index (χ0n) is 24.3. The number of rotatable bonds is 3. The first-order valence-electron chi connectivity index (χ1n) is 12.9. The lowest BCUT2D eigenvalue weighted by atomic mass is 10.1. The zero-order chi connectivity index (χ0) is 32.6. The second kappa shape index (κ2) is 18.8. The maximum Gasteiger partial charge on any atom is 0.372 e. The number of alkyl halides is 3. The maximum absolute atomic E-state index is 11.6. The molecule has 0 saturated carbocycles. The van der Waals surface area contributed by atoms with Crippen LogP contribution in [-0.2, 0) is 4.89 Å². The van der Waals surface area contributed by atoms with Gasteiger partial charge < -0.3 is 5.21 Å². The van der Waals surface area contributed by atoms with Gasteiger partial charge in [-0.05, 0) is 105 Å². The van der Waals surface area contributed by atoms with Crippen molar-refractivity contribution >= 4 is 52.4 Å². The van der Waals surface area contributed by atoms with Gasteiger partial charge in [-0.15, -0.1) is 0 Å². The van der Waals surface area contributed by atoms with E-state index in [1.807, 2.05) is 68.7 Å². The average molecular weight is 676 g/mol. The molecule has 12 heteroatoms. The SMILES string of the molecule is Cc1ccnc(-c2cc(C)cc[n+]2[O-])c1.Cc1ccnc(-c2cc(C)ccn2)c1.ClC(Cl)Cl.O=C(OO)c1cccc(Cl)c1. The van der Waals surface area contributed by atoms with Crippen LogP contribution in [0.5, 0.6) is 0 Å². The Morgan fingerprint density at radius 1 is 0.750 bits per heavy atom. The molecule has 5 rings (SSSR count). The van der Waals surface area contributed by atoms with Crippen LogP contribution in [0.25, 0.3) is 22.8 Å². The number of hydrogen-bond donors (Lipinski definition) is 1. The highest BCUT2D eigenvalue weighted by molar-refractivity contribution is 6.63. The topological polar surface area (TPSA) is 112 Å². The summed E-state index contributed by atoms with van der Waals surface area (Å²) in [5.74, 6) is -0.813. The minimum absolute atomic E-state index is 0.222. The molecule has 0 atom stereocenters. The van der Waals surface area contributed by atoms with Crippen LogP contribution in [0.1, 0.15) is 32.6 Å². The van der Waals surface area contributed by atoms with Crippen LogP contribution in [0, 0.1) is 32.9 Å². The van der Waals surface area contributed by atoms with Gasteiger partial charge in [-0.2, -0.15) is 9.99 Å². The number of carbonyl (C=O) groups excluding carboxylic acids is 1. The molecule has 0 radical (unpaired) electrons. The van der Waals surface area contributed by atoms with Crippen molar-refractivity contribution in [3.8, 4) is 22.8 Å². The monoisotopic (exact) mass is 674 g/mol. The van der Waals surface area contributed by atoms with Crippen LogP contribution in [0.2, 0.25) is 5.02 Å². The molecule has 4 heterocycles. The summed E-state index contributed by atoms with van der Waals surface area (Å²) >= 11 is 20.0. The van der Waals surface area contributed by atoms with Crippen molar-refractivity contribution in [1.82, 2.24) is 15.0 Å². The summed E-state index contributed by atoms with van der Waals surface area (Å²) in [6.07, 6.45) is 6.85. The van der Waals surface area contributed by atoms with Gasteiger partial charge in [0.2, 0.25) is 5.69 Å². The highest BCUT2D eigenvalue weighted by Gasteiger charge is 2.10. The molecule has 0 amide bonds. The van der Waals surface area contributed by atoms with E-state index in [2.05, 4.69) is 33.7 Å². The Morgan fingerprint density at radius 2 is 1.20 bits per heavy atom. The quantitative estimate of drug-likeness (QED) is 0.0669. The predicted octanol–water partition coefficient (Wildman–Crippen LogP) is 8.72. The smallest absolute Gasteiger partial charge is 0.372 e. The fraction of sp³-hybridized carbons (Fsp3) is 0.156. The molecule has 0 unspecified atom stereocenters. The molecule has 0 saturated heterocycles. The Bertz CT molecular complexity index is 1610. The molecule has 44 heavy (non-hydrogen) atoms. The summed E-state index contributed by atoms with van der Waals surface area (Å²) in [4.78, 5) is 26.9. The van der Waals surface area contributed by atoms with Gasteiger partial charge in [0.25, 0.3) is 0 Å². The van der Waals surface area contributed by atoms with Crippen molar-refractivity contribution in [2.24, 2.45) is 0 Å². The molecular formula is C32H30Cl4N4O4. The standard InChI is InChI=1S/C12H12N2O.C12H12N2.C7H5ClO3.CHCl3/c1-9-3-5-13-11(7-9)12-8-10(2)4-6-14(12)15;1-9-3-5-13-11(7-9)12-8-10(2)4-6-14-12;8-6-3-1-2-5(4-6)7(9)11-10;2-1(3)4/h3-8H,1-2H3;3-8H,1-2H3;1-4,10H;1H. The molecule has 0 aliphatic carbocycles. The molecule has 5 aromatic rings. The summed E-state index contributed by atoms with van der Waals surface area (Å²) in [5, 5.41) is 20.0.